The molecule has 0 saturated heterocycles. The summed E-state index contributed by atoms with van der Waals surface area (Å²) in [6, 6.07) is 27.4. The van der Waals surface area contributed by atoms with Gasteiger partial charge in [-0.3, -0.25) is 4.79 Å². The predicted molar refractivity (Wildman–Crippen MR) is 115 cm³/mol. The topological polar surface area (TPSA) is 47.6 Å². The fraction of sp³-hybridized carbons (Fsp3) is 0.160. The molecule has 0 N–H and O–H groups in total. The van der Waals surface area contributed by atoms with E-state index in [1.54, 1.807) is 11.2 Å². The summed E-state index contributed by atoms with van der Waals surface area (Å²) in [5.74, 6) is 1.32. The Labute approximate surface area is 176 Å². The number of benzene rings is 2. The molecule has 2 aromatic carbocycles. The fourth-order valence-corrected chi connectivity index (χ4v) is 3.30. The van der Waals surface area contributed by atoms with Gasteiger partial charge in [0.25, 0.3) is 5.91 Å². The number of carbonyl (C=O) groups is 1. The standard InChI is InChI=1S/C25H24N2O3/c28-25(20-30-23-12-5-2-6-13-23)27(19-24-14-8-16-29-24)18-22-11-7-15-26(22)17-21-9-3-1-4-10-21/h1-16H,17-20H2. The molecule has 0 bridgehead atoms. The van der Waals surface area contributed by atoms with Gasteiger partial charge in [-0.1, -0.05) is 48.5 Å². The SMILES string of the molecule is O=C(COc1ccccc1)N(Cc1ccco1)Cc1cccn1Cc1ccccc1. The first-order valence-electron chi connectivity index (χ1n) is 9.94. The molecule has 0 radical (unpaired) electrons. The van der Waals surface area contributed by atoms with Crippen LogP contribution in [0.1, 0.15) is 17.0 Å². The van der Waals surface area contributed by atoms with E-state index < -0.39 is 0 Å². The molecular formula is C25H24N2O3. The number of amides is 1. The van der Waals surface area contributed by atoms with Gasteiger partial charge in [-0.05, 0) is 42.0 Å². The highest BCUT2D eigenvalue weighted by Crippen LogP contribution is 2.15. The molecule has 2 aromatic heterocycles. The quantitative estimate of drug-likeness (QED) is 0.408. The van der Waals surface area contributed by atoms with Crippen molar-refractivity contribution in [2.45, 2.75) is 19.6 Å². The van der Waals surface area contributed by atoms with Crippen LogP contribution in [0.15, 0.2) is 102 Å². The number of ether oxygens (including phenoxy) is 1. The smallest absolute Gasteiger partial charge is 0.261 e. The van der Waals surface area contributed by atoms with Crippen LogP contribution in [0.3, 0.4) is 0 Å². The molecule has 2 heterocycles. The monoisotopic (exact) mass is 400 g/mol. The molecule has 0 aliphatic heterocycles. The van der Waals surface area contributed by atoms with Gasteiger partial charge in [-0.2, -0.15) is 0 Å². The lowest BCUT2D eigenvalue weighted by atomic mass is 10.2. The third-order valence-corrected chi connectivity index (χ3v) is 4.86. The fourth-order valence-electron chi connectivity index (χ4n) is 3.30. The van der Waals surface area contributed by atoms with Gasteiger partial charge in [0, 0.05) is 18.4 Å². The van der Waals surface area contributed by atoms with Crippen molar-refractivity contribution in [3.05, 3.63) is 114 Å². The number of hydrogen-bond donors (Lipinski definition) is 0. The van der Waals surface area contributed by atoms with Crippen LogP contribution in [-0.4, -0.2) is 22.0 Å². The second-order valence-electron chi connectivity index (χ2n) is 7.04. The molecule has 5 heteroatoms. The lowest BCUT2D eigenvalue weighted by Gasteiger charge is -2.23. The first kappa shape index (κ1) is 19.6. The summed E-state index contributed by atoms with van der Waals surface area (Å²) < 4.78 is 13.3. The Morgan fingerprint density at radius 2 is 1.63 bits per heavy atom. The predicted octanol–water partition coefficient (Wildman–Crippen LogP) is 4.74. The van der Waals surface area contributed by atoms with E-state index >= 15 is 0 Å². The highest BCUT2D eigenvalue weighted by molar-refractivity contribution is 5.77. The van der Waals surface area contributed by atoms with Crippen LogP contribution in [0.25, 0.3) is 0 Å². The maximum absolute atomic E-state index is 13.0. The van der Waals surface area contributed by atoms with E-state index in [0.717, 1.165) is 18.0 Å². The first-order chi connectivity index (χ1) is 14.8. The third kappa shape index (κ3) is 5.20. The molecular weight excluding hydrogens is 376 g/mol. The van der Waals surface area contributed by atoms with Crippen LogP contribution in [0.2, 0.25) is 0 Å². The van der Waals surface area contributed by atoms with Crippen LogP contribution in [0.4, 0.5) is 0 Å². The number of aromatic nitrogens is 1. The van der Waals surface area contributed by atoms with Gasteiger partial charge in [0.05, 0.1) is 19.4 Å². The minimum Gasteiger partial charge on any atom is -0.484 e. The molecule has 4 rings (SSSR count). The Hall–Kier alpha value is -3.73. The maximum atomic E-state index is 13.0. The summed E-state index contributed by atoms with van der Waals surface area (Å²) in [4.78, 5) is 14.8. The summed E-state index contributed by atoms with van der Waals surface area (Å²) in [5, 5.41) is 0. The molecule has 1 amide bonds. The summed E-state index contributed by atoms with van der Waals surface area (Å²) >= 11 is 0. The zero-order valence-corrected chi connectivity index (χ0v) is 16.7. The Bertz CT molecular complexity index is 1040. The number of para-hydroxylation sites is 1. The van der Waals surface area contributed by atoms with E-state index in [1.165, 1.54) is 5.56 Å². The van der Waals surface area contributed by atoms with Crippen LogP contribution in [0, 0.1) is 0 Å². The van der Waals surface area contributed by atoms with E-state index in [2.05, 4.69) is 16.7 Å². The zero-order valence-electron chi connectivity index (χ0n) is 16.7. The minimum atomic E-state index is -0.0947. The van der Waals surface area contributed by atoms with Gasteiger partial charge in [-0.25, -0.2) is 0 Å². The van der Waals surface area contributed by atoms with Crippen LogP contribution in [0.5, 0.6) is 5.75 Å². The Balaban J connectivity index is 1.47. The van der Waals surface area contributed by atoms with Gasteiger partial charge >= 0.3 is 0 Å². The van der Waals surface area contributed by atoms with Gasteiger partial charge < -0.3 is 18.6 Å². The van der Waals surface area contributed by atoms with Crippen molar-refractivity contribution in [1.29, 1.82) is 0 Å². The number of furan rings is 1. The van der Waals surface area contributed by atoms with Gasteiger partial charge in [0.1, 0.15) is 11.5 Å². The molecule has 4 aromatic rings. The van der Waals surface area contributed by atoms with Crippen molar-refractivity contribution < 1.29 is 13.9 Å². The second kappa shape index (κ2) is 9.65. The lowest BCUT2D eigenvalue weighted by Crippen LogP contribution is -2.34. The van der Waals surface area contributed by atoms with E-state index in [0.29, 0.717) is 18.8 Å². The Kier molecular flexibility index (Phi) is 6.30. The molecule has 0 unspecified atom stereocenters. The minimum absolute atomic E-state index is 0.0237. The Morgan fingerprint density at radius 1 is 0.867 bits per heavy atom. The van der Waals surface area contributed by atoms with Crippen molar-refractivity contribution in [3.63, 3.8) is 0 Å². The number of hydrogen-bond acceptors (Lipinski definition) is 3. The molecule has 0 fully saturated rings. The van der Waals surface area contributed by atoms with Crippen molar-refractivity contribution >= 4 is 5.91 Å². The molecule has 152 valence electrons. The van der Waals surface area contributed by atoms with Crippen LogP contribution in [-0.2, 0) is 24.4 Å². The lowest BCUT2D eigenvalue weighted by molar-refractivity contribution is -0.135. The van der Waals surface area contributed by atoms with E-state index in [1.807, 2.05) is 79.0 Å². The van der Waals surface area contributed by atoms with Crippen molar-refractivity contribution in [2.24, 2.45) is 0 Å². The van der Waals surface area contributed by atoms with E-state index in [9.17, 15) is 4.79 Å². The van der Waals surface area contributed by atoms with Crippen LogP contribution >= 0.6 is 0 Å². The molecule has 5 nitrogen and oxygen atoms in total. The molecule has 0 atom stereocenters. The van der Waals surface area contributed by atoms with E-state index in [4.69, 9.17) is 9.15 Å². The molecule has 0 aliphatic rings. The van der Waals surface area contributed by atoms with Crippen molar-refractivity contribution in [3.8, 4) is 5.75 Å². The first-order valence-corrected chi connectivity index (χ1v) is 9.94. The number of rotatable bonds is 9. The zero-order chi connectivity index (χ0) is 20.6. The molecule has 30 heavy (non-hydrogen) atoms. The molecule has 0 spiro atoms. The normalized spacial score (nSPS) is 10.7. The number of carbonyl (C=O) groups excluding carboxylic acids is 1. The average Bonchev–Trinajstić information content (AvgIpc) is 3.45. The molecule has 0 saturated carbocycles. The number of nitrogens with zero attached hydrogens (tertiary/aromatic N) is 2. The van der Waals surface area contributed by atoms with Gasteiger partial charge in [-0.15, -0.1) is 0 Å². The highest BCUT2D eigenvalue weighted by atomic mass is 16.5. The second-order valence-corrected chi connectivity index (χ2v) is 7.04. The maximum Gasteiger partial charge on any atom is 0.261 e. The van der Waals surface area contributed by atoms with Crippen molar-refractivity contribution in [2.75, 3.05) is 6.61 Å². The van der Waals surface area contributed by atoms with Crippen molar-refractivity contribution in [1.82, 2.24) is 9.47 Å². The van der Waals surface area contributed by atoms with E-state index in [-0.39, 0.29) is 12.5 Å². The summed E-state index contributed by atoms with van der Waals surface area (Å²) in [7, 11) is 0. The summed E-state index contributed by atoms with van der Waals surface area (Å²) in [5.41, 5.74) is 2.27. The highest BCUT2D eigenvalue weighted by Gasteiger charge is 2.18. The molecule has 0 aliphatic carbocycles. The Morgan fingerprint density at radius 3 is 2.37 bits per heavy atom. The van der Waals surface area contributed by atoms with Crippen LogP contribution < -0.4 is 4.74 Å². The third-order valence-electron chi connectivity index (χ3n) is 4.86. The van der Waals surface area contributed by atoms with Gasteiger partial charge in [0.15, 0.2) is 6.61 Å². The summed E-state index contributed by atoms with van der Waals surface area (Å²) in [6.45, 7) is 1.59. The largest absolute Gasteiger partial charge is 0.484 e. The van der Waals surface area contributed by atoms with Gasteiger partial charge in [0.2, 0.25) is 0 Å². The summed E-state index contributed by atoms with van der Waals surface area (Å²) in [6.07, 6.45) is 3.66. The average molecular weight is 400 g/mol.